The van der Waals surface area contributed by atoms with E-state index in [0.717, 1.165) is 45.6 Å². The lowest BCUT2D eigenvalue weighted by Crippen LogP contribution is -2.23. The summed E-state index contributed by atoms with van der Waals surface area (Å²) in [6.45, 7) is 7.35. The third-order valence-corrected chi connectivity index (χ3v) is 4.51. The standard InChI is InChI=1S/C15H20ClN3S/c1-10(2)17-9-5-8-14-18-19-15(20-14)12-6-4-7-13(16)11(12)3/h4,6-7,10,17H,5,8-9H2,1-3H3. The summed E-state index contributed by atoms with van der Waals surface area (Å²) >= 11 is 7.81. The summed E-state index contributed by atoms with van der Waals surface area (Å²) < 4.78 is 0. The van der Waals surface area contributed by atoms with Gasteiger partial charge in [-0.3, -0.25) is 0 Å². The highest BCUT2D eigenvalue weighted by Crippen LogP contribution is 2.30. The number of hydrogen-bond donors (Lipinski definition) is 1. The van der Waals surface area contributed by atoms with E-state index in [4.69, 9.17) is 11.6 Å². The third-order valence-electron chi connectivity index (χ3n) is 3.08. The molecule has 0 atom stereocenters. The number of halogens is 1. The summed E-state index contributed by atoms with van der Waals surface area (Å²) in [6.07, 6.45) is 2.05. The number of aromatic nitrogens is 2. The summed E-state index contributed by atoms with van der Waals surface area (Å²) in [5.74, 6) is 0. The summed E-state index contributed by atoms with van der Waals surface area (Å²) in [7, 11) is 0. The number of aryl methyl sites for hydroxylation is 1. The molecule has 1 aromatic carbocycles. The molecule has 0 bridgehead atoms. The Hall–Kier alpha value is -0.970. The van der Waals surface area contributed by atoms with E-state index in [1.807, 2.05) is 25.1 Å². The molecule has 0 aliphatic rings. The van der Waals surface area contributed by atoms with Crippen molar-refractivity contribution in [1.29, 1.82) is 0 Å². The van der Waals surface area contributed by atoms with Gasteiger partial charge < -0.3 is 5.32 Å². The van der Waals surface area contributed by atoms with E-state index in [1.54, 1.807) is 11.3 Å². The lowest BCUT2D eigenvalue weighted by atomic mass is 10.1. The molecule has 0 aliphatic carbocycles. The van der Waals surface area contributed by atoms with Gasteiger partial charge in [-0.15, -0.1) is 10.2 Å². The quantitative estimate of drug-likeness (QED) is 0.816. The first-order chi connectivity index (χ1) is 9.58. The molecule has 2 rings (SSSR count). The molecule has 1 aromatic heterocycles. The molecule has 1 heterocycles. The van der Waals surface area contributed by atoms with Crippen LogP contribution in [0.1, 0.15) is 30.8 Å². The van der Waals surface area contributed by atoms with Crippen LogP contribution < -0.4 is 5.32 Å². The first-order valence-electron chi connectivity index (χ1n) is 6.89. The zero-order valence-electron chi connectivity index (χ0n) is 12.1. The fourth-order valence-corrected chi connectivity index (χ4v) is 3.07. The molecule has 3 nitrogen and oxygen atoms in total. The Morgan fingerprint density at radius 3 is 2.85 bits per heavy atom. The first-order valence-corrected chi connectivity index (χ1v) is 8.08. The zero-order chi connectivity index (χ0) is 14.5. The Balaban J connectivity index is 2.00. The molecule has 0 saturated carbocycles. The first kappa shape index (κ1) is 15.4. The van der Waals surface area contributed by atoms with Crippen molar-refractivity contribution in [2.45, 2.75) is 39.7 Å². The van der Waals surface area contributed by atoms with Crippen molar-refractivity contribution in [3.8, 4) is 10.6 Å². The minimum absolute atomic E-state index is 0.536. The molecule has 0 saturated heterocycles. The van der Waals surface area contributed by atoms with E-state index in [2.05, 4.69) is 29.4 Å². The van der Waals surface area contributed by atoms with E-state index in [-0.39, 0.29) is 0 Å². The predicted molar refractivity (Wildman–Crippen MR) is 86.6 cm³/mol. The van der Waals surface area contributed by atoms with Gasteiger partial charge in [0.2, 0.25) is 0 Å². The molecular weight excluding hydrogens is 290 g/mol. The molecule has 0 aliphatic heterocycles. The maximum atomic E-state index is 6.15. The summed E-state index contributed by atoms with van der Waals surface area (Å²) in [5, 5.41) is 14.8. The second kappa shape index (κ2) is 7.16. The van der Waals surface area contributed by atoms with Gasteiger partial charge >= 0.3 is 0 Å². The molecule has 5 heteroatoms. The fourth-order valence-electron chi connectivity index (χ4n) is 1.93. The van der Waals surface area contributed by atoms with Crippen molar-refractivity contribution >= 4 is 22.9 Å². The van der Waals surface area contributed by atoms with Crippen LogP contribution in [0.2, 0.25) is 5.02 Å². The Bertz CT molecular complexity index is 566. The molecular formula is C15H20ClN3S. The van der Waals surface area contributed by atoms with E-state index in [1.165, 1.54) is 0 Å². The van der Waals surface area contributed by atoms with Crippen LogP contribution in [0.25, 0.3) is 10.6 Å². The SMILES string of the molecule is Cc1c(Cl)cccc1-c1nnc(CCCNC(C)C)s1. The lowest BCUT2D eigenvalue weighted by Gasteiger charge is -2.05. The largest absolute Gasteiger partial charge is 0.315 e. The molecule has 0 spiro atoms. The summed E-state index contributed by atoms with van der Waals surface area (Å²) in [5.41, 5.74) is 2.15. The van der Waals surface area contributed by atoms with Gasteiger partial charge in [-0.2, -0.15) is 0 Å². The molecule has 1 N–H and O–H groups in total. The predicted octanol–water partition coefficient (Wildman–Crippen LogP) is 4.10. The zero-order valence-corrected chi connectivity index (χ0v) is 13.7. The minimum atomic E-state index is 0.536. The molecule has 0 fully saturated rings. The topological polar surface area (TPSA) is 37.8 Å². The second-order valence-electron chi connectivity index (χ2n) is 5.13. The van der Waals surface area contributed by atoms with Crippen LogP contribution in [0, 0.1) is 6.92 Å². The van der Waals surface area contributed by atoms with Crippen molar-refractivity contribution in [2.24, 2.45) is 0 Å². The van der Waals surface area contributed by atoms with Crippen LogP contribution in [0.3, 0.4) is 0 Å². The van der Waals surface area contributed by atoms with Gasteiger partial charge in [0, 0.05) is 23.0 Å². The number of rotatable bonds is 6. The number of nitrogens with one attached hydrogen (secondary N) is 1. The van der Waals surface area contributed by atoms with Crippen LogP contribution in [-0.2, 0) is 6.42 Å². The Morgan fingerprint density at radius 2 is 2.10 bits per heavy atom. The van der Waals surface area contributed by atoms with E-state index in [0.29, 0.717) is 6.04 Å². The monoisotopic (exact) mass is 309 g/mol. The van der Waals surface area contributed by atoms with E-state index < -0.39 is 0 Å². The smallest absolute Gasteiger partial charge is 0.148 e. The molecule has 0 unspecified atom stereocenters. The van der Waals surface area contributed by atoms with Crippen molar-refractivity contribution < 1.29 is 0 Å². The Labute approximate surface area is 129 Å². The van der Waals surface area contributed by atoms with Crippen molar-refractivity contribution in [3.63, 3.8) is 0 Å². The van der Waals surface area contributed by atoms with Crippen LogP contribution in [0.15, 0.2) is 18.2 Å². The van der Waals surface area contributed by atoms with Crippen molar-refractivity contribution in [3.05, 3.63) is 33.8 Å². The number of benzene rings is 1. The number of hydrogen-bond acceptors (Lipinski definition) is 4. The highest BCUT2D eigenvalue weighted by Gasteiger charge is 2.10. The van der Waals surface area contributed by atoms with Gasteiger partial charge in [-0.05, 0) is 31.5 Å². The summed E-state index contributed by atoms with van der Waals surface area (Å²) in [6, 6.07) is 6.44. The van der Waals surface area contributed by atoms with Gasteiger partial charge in [0.1, 0.15) is 10.0 Å². The number of nitrogens with zero attached hydrogens (tertiary/aromatic N) is 2. The van der Waals surface area contributed by atoms with E-state index in [9.17, 15) is 0 Å². The van der Waals surface area contributed by atoms with Gasteiger partial charge in [0.15, 0.2) is 0 Å². The van der Waals surface area contributed by atoms with Gasteiger partial charge in [-0.25, -0.2) is 0 Å². The molecule has 0 radical (unpaired) electrons. The highest BCUT2D eigenvalue weighted by atomic mass is 35.5. The van der Waals surface area contributed by atoms with Crippen LogP contribution >= 0.6 is 22.9 Å². The maximum Gasteiger partial charge on any atom is 0.148 e. The van der Waals surface area contributed by atoms with Gasteiger partial charge in [-0.1, -0.05) is 48.9 Å². The van der Waals surface area contributed by atoms with Crippen LogP contribution in [0.4, 0.5) is 0 Å². The minimum Gasteiger partial charge on any atom is -0.315 e. The normalized spacial score (nSPS) is 11.2. The highest BCUT2D eigenvalue weighted by molar-refractivity contribution is 7.14. The average molecular weight is 310 g/mol. The Kier molecular flexibility index (Phi) is 5.52. The second-order valence-corrected chi connectivity index (χ2v) is 6.59. The van der Waals surface area contributed by atoms with Crippen molar-refractivity contribution in [1.82, 2.24) is 15.5 Å². The molecule has 20 heavy (non-hydrogen) atoms. The lowest BCUT2D eigenvalue weighted by molar-refractivity contribution is 0.569. The summed E-state index contributed by atoms with van der Waals surface area (Å²) in [4.78, 5) is 0. The molecule has 108 valence electrons. The third kappa shape index (κ3) is 4.01. The van der Waals surface area contributed by atoms with Crippen molar-refractivity contribution in [2.75, 3.05) is 6.54 Å². The van der Waals surface area contributed by atoms with Crippen LogP contribution in [-0.4, -0.2) is 22.8 Å². The van der Waals surface area contributed by atoms with E-state index >= 15 is 0 Å². The van der Waals surface area contributed by atoms with Crippen LogP contribution in [0.5, 0.6) is 0 Å². The molecule has 0 amide bonds. The van der Waals surface area contributed by atoms with Gasteiger partial charge in [0.25, 0.3) is 0 Å². The Morgan fingerprint density at radius 1 is 1.30 bits per heavy atom. The molecule has 2 aromatic rings. The van der Waals surface area contributed by atoms with Gasteiger partial charge in [0.05, 0.1) is 0 Å². The maximum absolute atomic E-state index is 6.15. The fraction of sp³-hybridized carbons (Fsp3) is 0.467. The average Bonchev–Trinajstić information content (AvgIpc) is 2.86.